The number of hydrogen-bond acceptors (Lipinski definition) is 8. The van der Waals surface area contributed by atoms with Crippen molar-refractivity contribution in [2.75, 3.05) is 0 Å². The SMILES string of the molecule is CC(C)=O.Cc1cc(-c2ccc(OC(F)(F)F)cc2)c(C)cc1C(=C=O)C(=O)Cl.Cc1cc(O)c(-c2cc(Cl)c(-c3ccc(OC(F)(F)F)cc3)cc2C)c(=O)o1. The van der Waals surface area contributed by atoms with Gasteiger partial charge in [0.25, 0.3) is 5.24 Å². The van der Waals surface area contributed by atoms with Gasteiger partial charge >= 0.3 is 18.4 Å². The number of ether oxygens (including phenoxy) is 2. The number of benzene rings is 4. The summed E-state index contributed by atoms with van der Waals surface area (Å²) in [7, 11) is 0. The summed E-state index contributed by atoms with van der Waals surface area (Å²) in [6.45, 7) is 9.76. The van der Waals surface area contributed by atoms with Gasteiger partial charge in [0.05, 0.1) is 0 Å². The Bertz CT molecular complexity index is 2370. The molecule has 5 aromatic rings. The van der Waals surface area contributed by atoms with Gasteiger partial charge in [-0.25, -0.2) is 9.59 Å². The Kier molecular flexibility index (Phi) is 15.1. The Morgan fingerprint density at radius 2 is 1.14 bits per heavy atom. The second-order valence-electron chi connectivity index (χ2n) is 12.3. The Morgan fingerprint density at radius 3 is 1.56 bits per heavy atom. The molecule has 0 amide bonds. The molecule has 1 aromatic heterocycles. The summed E-state index contributed by atoms with van der Waals surface area (Å²) in [4.78, 5) is 43.8. The van der Waals surface area contributed by atoms with E-state index in [0.29, 0.717) is 38.9 Å². The molecular formula is C41H32Cl2F6O8. The number of alkyl halides is 6. The number of ketones is 1. The van der Waals surface area contributed by atoms with Gasteiger partial charge in [0.15, 0.2) is 0 Å². The van der Waals surface area contributed by atoms with E-state index in [1.807, 2.05) is 0 Å². The molecule has 0 saturated heterocycles. The number of aromatic hydroxyl groups is 1. The van der Waals surface area contributed by atoms with Gasteiger partial charge < -0.3 is 23.8 Å². The molecule has 0 bridgehead atoms. The van der Waals surface area contributed by atoms with Crippen molar-refractivity contribution in [1.29, 1.82) is 0 Å². The highest BCUT2D eigenvalue weighted by atomic mass is 35.5. The van der Waals surface area contributed by atoms with Crippen molar-refractivity contribution in [2.45, 2.75) is 54.3 Å². The molecule has 0 aliphatic carbocycles. The van der Waals surface area contributed by atoms with Crippen molar-refractivity contribution in [3.63, 3.8) is 0 Å². The fourth-order valence-corrected chi connectivity index (χ4v) is 5.70. The summed E-state index contributed by atoms with van der Waals surface area (Å²) in [5, 5.41) is 9.49. The van der Waals surface area contributed by atoms with Gasteiger partial charge in [-0.1, -0.05) is 41.9 Å². The molecule has 1 heterocycles. The van der Waals surface area contributed by atoms with Crippen molar-refractivity contribution < 1.29 is 59.7 Å². The molecule has 0 unspecified atom stereocenters. The zero-order valence-electron chi connectivity index (χ0n) is 30.8. The fraction of sp³-hybridized carbons (Fsp3) is 0.195. The number of carbonyl (C=O) groups excluding carboxylic acids is 3. The maximum absolute atomic E-state index is 12.3. The van der Waals surface area contributed by atoms with E-state index in [0.717, 1.165) is 11.1 Å². The molecule has 5 rings (SSSR count). The highest BCUT2D eigenvalue weighted by Gasteiger charge is 2.32. The van der Waals surface area contributed by atoms with Gasteiger partial charge in [-0.2, -0.15) is 0 Å². The summed E-state index contributed by atoms with van der Waals surface area (Å²) in [6.07, 6.45) is -9.52. The maximum atomic E-state index is 12.3. The van der Waals surface area contributed by atoms with E-state index in [9.17, 15) is 50.6 Å². The molecule has 0 fully saturated rings. The molecule has 300 valence electrons. The van der Waals surface area contributed by atoms with Crippen LogP contribution in [-0.2, 0) is 14.4 Å². The zero-order valence-corrected chi connectivity index (χ0v) is 32.3. The van der Waals surface area contributed by atoms with Crippen LogP contribution >= 0.6 is 23.2 Å². The average molecular weight is 838 g/mol. The minimum Gasteiger partial charge on any atom is -0.507 e. The van der Waals surface area contributed by atoms with E-state index in [4.69, 9.17) is 27.6 Å². The first kappa shape index (κ1) is 45.6. The van der Waals surface area contributed by atoms with Gasteiger partial charge in [0.1, 0.15) is 45.9 Å². The van der Waals surface area contributed by atoms with E-state index >= 15 is 0 Å². The Labute approximate surface area is 331 Å². The van der Waals surface area contributed by atoms with Crippen LogP contribution < -0.4 is 15.1 Å². The quantitative estimate of drug-likeness (QED) is 0.0745. The lowest BCUT2D eigenvalue weighted by Gasteiger charge is -2.13. The summed E-state index contributed by atoms with van der Waals surface area (Å²) >= 11 is 11.7. The standard InChI is InChI=1S/C20H14ClF3O4.C18H12ClF3O3.C3H6O/c1-10-7-15(12-3-5-13(6-4-12)28-20(22,23)24)16(21)9-14(10)18-17(25)8-11(2)27-19(18)26;1-10-8-15(16(9-23)17(19)24)11(2)7-14(10)12-3-5-13(6-4-12)25-18(20,21)22;1-3(2)4/h3-9,25H,1-2H3;3-8H,1-2H3;1-2H3. The normalized spacial score (nSPS) is 10.9. The first-order chi connectivity index (χ1) is 26.4. The van der Waals surface area contributed by atoms with E-state index < -0.39 is 23.6 Å². The van der Waals surface area contributed by atoms with Crippen LogP contribution in [0.25, 0.3) is 39.0 Å². The number of rotatable bonds is 7. The smallest absolute Gasteiger partial charge is 0.507 e. The Hall–Kier alpha value is -5.82. The number of aryl methyl sites for hydroxylation is 4. The number of hydrogen-bond donors (Lipinski definition) is 1. The molecule has 0 radical (unpaired) electrons. The number of carbonyl (C=O) groups is 2. The average Bonchev–Trinajstić information content (AvgIpc) is 3.07. The van der Waals surface area contributed by atoms with Crippen LogP contribution in [-0.4, -0.2) is 34.8 Å². The summed E-state index contributed by atoms with van der Waals surface area (Å²) in [6, 6.07) is 18.5. The highest BCUT2D eigenvalue weighted by Crippen LogP contribution is 2.38. The van der Waals surface area contributed by atoms with Crippen LogP contribution in [0, 0.1) is 27.7 Å². The third-order valence-corrected chi connectivity index (χ3v) is 8.08. The van der Waals surface area contributed by atoms with Crippen molar-refractivity contribution in [1.82, 2.24) is 0 Å². The number of Topliss-reactive ketones (excluding diaryl/α,β-unsaturated/α-hetero) is 1. The van der Waals surface area contributed by atoms with Crippen molar-refractivity contribution in [3.8, 4) is 50.6 Å². The third kappa shape index (κ3) is 13.1. The highest BCUT2D eigenvalue weighted by molar-refractivity contribution is 6.75. The topological polar surface area (TPSA) is 120 Å². The predicted molar refractivity (Wildman–Crippen MR) is 203 cm³/mol. The van der Waals surface area contributed by atoms with E-state index in [-0.39, 0.29) is 45.0 Å². The first-order valence-corrected chi connectivity index (χ1v) is 17.1. The van der Waals surface area contributed by atoms with E-state index in [1.54, 1.807) is 45.9 Å². The molecule has 16 heteroatoms. The van der Waals surface area contributed by atoms with Crippen LogP contribution in [0.3, 0.4) is 0 Å². The molecular weight excluding hydrogens is 805 g/mol. The molecule has 1 N–H and O–H groups in total. The number of halogens is 8. The zero-order chi connectivity index (χ0) is 43.0. The van der Waals surface area contributed by atoms with Crippen LogP contribution in [0.2, 0.25) is 5.02 Å². The van der Waals surface area contributed by atoms with Crippen LogP contribution in [0.1, 0.15) is 41.9 Å². The minimum absolute atomic E-state index is 0.00882. The second kappa shape index (κ2) is 18.9. The van der Waals surface area contributed by atoms with Crippen LogP contribution in [0.5, 0.6) is 17.2 Å². The van der Waals surface area contributed by atoms with Gasteiger partial charge in [0.2, 0.25) is 0 Å². The van der Waals surface area contributed by atoms with Gasteiger partial charge in [-0.3, -0.25) is 4.79 Å². The molecule has 0 aliphatic heterocycles. The second-order valence-corrected chi connectivity index (χ2v) is 13.1. The third-order valence-electron chi connectivity index (χ3n) is 7.57. The summed E-state index contributed by atoms with van der Waals surface area (Å²) in [5.74, 6) is 1.08. The molecule has 4 aromatic carbocycles. The summed E-state index contributed by atoms with van der Waals surface area (Å²) < 4.78 is 86.2. The van der Waals surface area contributed by atoms with Crippen LogP contribution in [0.15, 0.2) is 88.1 Å². The van der Waals surface area contributed by atoms with Crippen molar-refractivity contribution >= 4 is 45.7 Å². The molecule has 57 heavy (non-hydrogen) atoms. The molecule has 0 atom stereocenters. The molecule has 0 aliphatic rings. The fourth-order valence-electron chi connectivity index (χ4n) is 5.29. The lowest BCUT2D eigenvalue weighted by atomic mass is 9.92. The van der Waals surface area contributed by atoms with Crippen molar-refractivity contribution in [2.24, 2.45) is 0 Å². The summed E-state index contributed by atoms with van der Waals surface area (Å²) in [5.41, 5.74) is 4.28. The van der Waals surface area contributed by atoms with E-state index in [1.165, 1.54) is 80.5 Å². The Balaban J connectivity index is 0.000000281. The maximum Gasteiger partial charge on any atom is 0.573 e. The van der Waals surface area contributed by atoms with Gasteiger partial charge in [0, 0.05) is 22.2 Å². The molecule has 8 nitrogen and oxygen atoms in total. The number of allylic oxidation sites excluding steroid dienone is 1. The lowest BCUT2D eigenvalue weighted by Crippen LogP contribution is -2.16. The van der Waals surface area contributed by atoms with Crippen LogP contribution in [0.4, 0.5) is 26.3 Å². The first-order valence-electron chi connectivity index (χ1n) is 16.3. The van der Waals surface area contributed by atoms with Gasteiger partial charge in [-0.15, -0.1) is 26.3 Å². The van der Waals surface area contributed by atoms with Crippen molar-refractivity contribution in [3.05, 3.63) is 122 Å². The van der Waals surface area contributed by atoms with Gasteiger partial charge in [-0.05, 0) is 135 Å². The largest absolute Gasteiger partial charge is 0.573 e. The predicted octanol–water partition coefficient (Wildman–Crippen LogP) is 11.3. The van der Waals surface area contributed by atoms with E-state index in [2.05, 4.69) is 9.47 Å². The monoisotopic (exact) mass is 836 g/mol. The minimum atomic E-state index is -4.77. The Morgan fingerprint density at radius 1 is 0.702 bits per heavy atom. The lowest BCUT2D eigenvalue weighted by molar-refractivity contribution is -0.275. The molecule has 0 saturated carbocycles. The molecule has 0 spiro atoms.